The van der Waals surface area contributed by atoms with Gasteiger partial charge in [0.25, 0.3) is 11.5 Å². The summed E-state index contributed by atoms with van der Waals surface area (Å²) in [4.78, 5) is 32.2. The molecule has 37 heavy (non-hydrogen) atoms. The maximum absolute atomic E-state index is 13.4. The van der Waals surface area contributed by atoms with Gasteiger partial charge >= 0.3 is 0 Å². The summed E-state index contributed by atoms with van der Waals surface area (Å²) < 4.78 is 1.72. The number of para-hydroxylation sites is 1. The minimum absolute atomic E-state index is 0. The van der Waals surface area contributed by atoms with Gasteiger partial charge in [0.1, 0.15) is 11.6 Å². The Morgan fingerprint density at radius 2 is 1.65 bits per heavy atom. The fourth-order valence-corrected chi connectivity index (χ4v) is 4.62. The third-order valence-electron chi connectivity index (χ3n) is 6.22. The minimum Gasteiger partial charge on any atom is -0.366 e. The maximum Gasteiger partial charge on any atom is 0.271 e. The predicted molar refractivity (Wildman–Crippen MR) is 152 cm³/mol. The maximum atomic E-state index is 13.4. The average molecular weight is 546 g/mol. The highest BCUT2D eigenvalue weighted by Gasteiger charge is 2.27. The molecule has 1 aliphatic rings. The smallest absolute Gasteiger partial charge is 0.271 e. The number of nitrogens with zero attached hydrogens (tertiary/aromatic N) is 5. The lowest BCUT2D eigenvalue weighted by atomic mass is 10.1. The van der Waals surface area contributed by atoms with Gasteiger partial charge in [-0.3, -0.25) is 9.59 Å². The van der Waals surface area contributed by atoms with Crippen LogP contribution in [0.3, 0.4) is 0 Å². The van der Waals surface area contributed by atoms with Crippen molar-refractivity contribution in [2.24, 2.45) is 0 Å². The van der Waals surface area contributed by atoms with Crippen molar-refractivity contribution in [2.45, 2.75) is 13.0 Å². The van der Waals surface area contributed by atoms with Crippen LogP contribution in [-0.4, -0.2) is 73.5 Å². The summed E-state index contributed by atoms with van der Waals surface area (Å²) in [6, 6.07) is 16.8. The van der Waals surface area contributed by atoms with Gasteiger partial charge < -0.3 is 25.4 Å². The van der Waals surface area contributed by atoms with Crippen LogP contribution < -0.4 is 16.6 Å². The number of nitriles is 1. The molecule has 2 aromatic carbocycles. The summed E-state index contributed by atoms with van der Waals surface area (Å²) in [6.07, 6.45) is 2.28. The lowest BCUT2D eigenvalue weighted by molar-refractivity contribution is 0.0747. The summed E-state index contributed by atoms with van der Waals surface area (Å²) in [6.45, 7) is 3.51. The number of amides is 1. The number of hydrogen-bond donors (Lipinski definition) is 1. The van der Waals surface area contributed by atoms with E-state index in [0.717, 1.165) is 23.9 Å². The van der Waals surface area contributed by atoms with E-state index < -0.39 is 0 Å². The Labute approximate surface area is 228 Å². The van der Waals surface area contributed by atoms with Gasteiger partial charge in [0, 0.05) is 55.1 Å². The van der Waals surface area contributed by atoms with E-state index in [4.69, 9.17) is 11.6 Å². The van der Waals surface area contributed by atoms with Gasteiger partial charge in [-0.2, -0.15) is 5.26 Å². The largest absolute Gasteiger partial charge is 0.366 e. The zero-order valence-corrected chi connectivity index (χ0v) is 23.1. The van der Waals surface area contributed by atoms with E-state index in [-0.39, 0.29) is 23.2 Å². The lowest BCUT2D eigenvalue weighted by Crippen LogP contribution is -2.49. The fraction of sp³-hybridized carbons (Fsp3) is 0.370. The third-order valence-corrected chi connectivity index (χ3v) is 6.47. The number of aromatic nitrogens is 1. The van der Waals surface area contributed by atoms with E-state index in [1.165, 1.54) is 6.38 Å². The van der Waals surface area contributed by atoms with Crippen molar-refractivity contribution in [2.75, 3.05) is 58.1 Å². The summed E-state index contributed by atoms with van der Waals surface area (Å²) in [5, 5.41) is 11.4. The summed E-state index contributed by atoms with van der Waals surface area (Å²) >= 11 is 10.6. The molecule has 8 nitrogen and oxygen atoms in total. The first-order valence-electron chi connectivity index (χ1n) is 11.8. The van der Waals surface area contributed by atoms with Crippen molar-refractivity contribution < 1.29 is 4.79 Å². The molecule has 10 heteroatoms. The highest BCUT2D eigenvalue weighted by atomic mass is 35.5. The Morgan fingerprint density at radius 1 is 1.03 bits per heavy atom. The number of fused-ring (bicyclic) bond motifs is 1. The van der Waals surface area contributed by atoms with Gasteiger partial charge in [-0.1, -0.05) is 29.8 Å². The summed E-state index contributed by atoms with van der Waals surface area (Å²) in [5.41, 5.74) is 2.02. The van der Waals surface area contributed by atoms with E-state index >= 15 is 0 Å². The predicted octanol–water partition coefficient (Wildman–Crippen LogP) is 4.46. The van der Waals surface area contributed by atoms with Crippen LogP contribution in [0.15, 0.2) is 53.3 Å². The van der Waals surface area contributed by atoms with E-state index in [9.17, 15) is 14.9 Å². The van der Waals surface area contributed by atoms with E-state index in [1.807, 2.05) is 38.4 Å². The number of carbonyl (C=O) groups excluding carboxylic acids is 1. The fourth-order valence-electron chi connectivity index (χ4n) is 4.49. The topological polar surface area (TPSA) is 108 Å². The first-order valence-corrected chi connectivity index (χ1v) is 12.9. The SMILES string of the molecule is CCl.CN(C)CCCn1c(=O)c(C#N)c(N2CCN(C(=O)c3ccc(Cl)cc3)CC2)c2ccccc21.N. The molecule has 3 aromatic rings. The molecule has 1 aromatic heterocycles. The van der Waals surface area contributed by atoms with Crippen LogP contribution in [0.2, 0.25) is 5.02 Å². The Bertz CT molecular complexity index is 1290. The zero-order valence-electron chi connectivity index (χ0n) is 21.6. The van der Waals surface area contributed by atoms with Crippen LogP contribution in [0, 0.1) is 11.3 Å². The van der Waals surface area contributed by atoms with Crippen LogP contribution in [0.4, 0.5) is 5.69 Å². The summed E-state index contributed by atoms with van der Waals surface area (Å²) in [7, 11) is 4.00. The molecular formula is C27H34Cl2N6O2. The number of aryl methyl sites for hydroxylation is 1. The Morgan fingerprint density at radius 3 is 2.24 bits per heavy atom. The molecule has 0 radical (unpaired) electrons. The second-order valence-corrected chi connectivity index (χ2v) is 9.19. The van der Waals surface area contributed by atoms with Gasteiger partial charge in [0.15, 0.2) is 0 Å². The molecule has 0 saturated carbocycles. The minimum atomic E-state index is -0.255. The van der Waals surface area contributed by atoms with E-state index in [0.29, 0.717) is 49.0 Å². The number of piperazine rings is 1. The highest BCUT2D eigenvalue weighted by molar-refractivity contribution is 6.30. The number of pyridine rings is 1. The van der Waals surface area contributed by atoms with Gasteiger partial charge in [-0.25, -0.2) is 0 Å². The quantitative estimate of drug-likeness (QED) is 0.459. The van der Waals surface area contributed by atoms with Crippen molar-refractivity contribution in [1.29, 1.82) is 5.26 Å². The van der Waals surface area contributed by atoms with Crippen molar-refractivity contribution in [3.05, 3.63) is 75.0 Å². The highest BCUT2D eigenvalue weighted by Crippen LogP contribution is 2.30. The molecule has 2 heterocycles. The second-order valence-electron chi connectivity index (χ2n) is 8.75. The van der Waals surface area contributed by atoms with Crippen molar-refractivity contribution in [1.82, 2.24) is 20.5 Å². The molecule has 198 valence electrons. The molecule has 0 atom stereocenters. The number of alkyl halides is 1. The first kappa shape index (κ1) is 30.1. The molecule has 0 bridgehead atoms. The average Bonchev–Trinajstić information content (AvgIpc) is 2.90. The molecule has 1 amide bonds. The van der Waals surface area contributed by atoms with Gasteiger partial charge in [0.05, 0.1) is 11.2 Å². The molecular weight excluding hydrogens is 511 g/mol. The number of carbonyl (C=O) groups is 1. The Balaban J connectivity index is 0.00000157. The number of hydrogen-bond acceptors (Lipinski definition) is 6. The van der Waals surface area contributed by atoms with Crippen LogP contribution >= 0.6 is 23.2 Å². The third kappa shape index (κ3) is 6.82. The molecule has 0 aliphatic carbocycles. The standard InChI is InChI=1S/C26H28ClN5O2.CH3Cl.H3N/c1-29(2)12-5-13-32-23-7-4-3-6-21(23)24(22(18-28)26(32)34)30-14-16-31(17-15-30)25(33)19-8-10-20(27)11-9-19;1-2;/h3-4,6-11H,5,12-17H2,1-2H3;1H3;1H3. The molecule has 4 rings (SSSR count). The molecule has 1 fully saturated rings. The number of anilines is 1. The number of benzene rings is 2. The molecule has 3 N–H and O–H groups in total. The van der Waals surface area contributed by atoms with Crippen molar-refractivity contribution >= 4 is 45.7 Å². The number of rotatable bonds is 6. The van der Waals surface area contributed by atoms with Gasteiger partial charge in [-0.15, -0.1) is 11.6 Å². The number of halogens is 2. The first-order chi connectivity index (χ1) is 17.4. The lowest BCUT2D eigenvalue weighted by Gasteiger charge is -2.37. The van der Waals surface area contributed by atoms with Crippen LogP contribution in [-0.2, 0) is 6.54 Å². The van der Waals surface area contributed by atoms with Crippen LogP contribution in [0.1, 0.15) is 22.3 Å². The Kier molecular flexibility index (Phi) is 11.4. The van der Waals surface area contributed by atoms with Gasteiger partial charge in [0.2, 0.25) is 0 Å². The second kappa shape index (κ2) is 14.0. The zero-order chi connectivity index (χ0) is 26.2. The Hall–Kier alpha value is -3.09. The summed E-state index contributed by atoms with van der Waals surface area (Å²) in [5.74, 6) is -0.0435. The normalized spacial score (nSPS) is 13.0. The van der Waals surface area contributed by atoms with Gasteiger partial charge in [-0.05, 0) is 57.4 Å². The van der Waals surface area contributed by atoms with Crippen LogP contribution in [0.25, 0.3) is 10.9 Å². The molecule has 1 aliphatic heterocycles. The molecule has 1 saturated heterocycles. The van der Waals surface area contributed by atoms with Crippen molar-refractivity contribution in [3.63, 3.8) is 0 Å². The monoisotopic (exact) mass is 544 g/mol. The molecule has 0 unspecified atom stereocenters. The molecule has 0 spiro atoms. The van der Waals surface area contributed by atoms with E-state index in [1.54, 1.807) is 33.7 Å². The van der Waals surface area contributed by atoms with Crippen molar-refractivity contribution in [3.8, 4) is 6.07 Å². The van der Waals surface area contributed by atoms with E-state index in [2.05, 4.69) is 27.5 Å². The van der Waals surface area contributed by atoms with Crippen LogP contribution in [0.5, 0.6) is 0 Å².